The lowest BCUT2D eigenvalue weighted by Gasteiger charge is -2.16. The molecule has 0 aliphatic rings. The molecule has 3 rings (SSSR count). The number of carbonyl (C=O) groups is 3. The zero-order valence-corrected chi connectivity index (χ0v) is 24.8. The normalized spacial score (nSPS) is 11.0. The summed E-state index contributed by atoms with van der Waals surface area (Å²) in [5, 5.41) is 8.45. The van der Waals surface area contributed by atoms with Crippen molar-refractivity contribution < 1.29 is 41.8 Å². The van der Waals surface area contributed by atoms with Crippen LogP contribution < -0.4 is 30.3 Å². The van der Waals surface area contributed by atoms with E-state index in [9.17, 15) is 27.6 Å². The third-order valence-corrected chi connectivity index (χ3v) is 6.05. The van der Waals surface area contributed by atoms with Gasteiger partial charge in [0.2, 0.25) is 0 Å². The standard InChI is InChI=1S/C29H26F3IN4O6/c1-3-13-42-20-11-9-19(10-12-20)35-27(39)28(40)37-34-16-18-14-22(33)26(24(15-18)41-4-2)43-17-25(38)36-23-8-6-5-7-21(23)29(30,31)32/h3,5-12,14-16H,1,4,13,17H2,2H3,(H,35,39)(H,36,38)(H,37,40)/b34-16-. The van der Waals surface area contributed by atoms with E-state index in [-0.39, 0.29) is 18.1 Å². The van der Waals surface area contributed by atoms with E-state index in [4.69, 9.17) is 14.2 Å². The molecule has 0 aromatic heterocycles. The van der Waals surface area contributed by atoms with Gasteiger partial charge in [-0.15, -0.1) is 0 Å². The predicted octanol–water partition coefficient (Wildman–Crippen LogP) is 5.38. The van der Waals surface area contributed by atoms with E-state index < -0.39 is 41.8 Å². The Bertz CT molecular complexity index is 1500. The summed E-state index contributed by atoms with van der Waals surface area (Å²) in [5.41, 5.74) is 1.59. The van der Waals surface area contributed by atoms with Crippen LogP contribution in [-0.2, 0) is 20.6 Å². The van der Waals surface area contributed by atoms with Crippen LogP contribution in [0, 0.1) is 3.57 Å². The van der Waals surface area contributed by atoms with Crippen LogP contribution in [0.2, 0.25) is 0 Å². The highest BCUT2D eigenvalue weighted by Crippen LogP contribution is 2.35. The zero-order valence-electron chi connectivity index (χ0n) is 22.7. The molecule has 0 heterocycles. The highest BCUT2D eigenvalue weighted by Gasteiger charge is 2.33. The Morgan fingerprint density at radius 2 is 1.70 bits per heavy atom. The van der Waals surface area contributed by atoms with Gasteiger partial charge in [-0.05, 0) is 83.6 Å². The summed E-state index contributed by atoms with van der Waals surface area (Å²) in [5.74, 6) is -1.78. The molecule has 0 spiro atoms. The number of hydrogen-bond donors (Lipinski definition) is 3. The molecule has 0 aliphatic carbocycles. The largest absolute Gasteiger partial charge is 0.490 e. The number of ether oxygens (including phenoxy) is 3. The number of hydrogen-bond acceptors (Lipinski definition) is 7. The van der Waals surface area contributed by atoms with Gasteiger partial charge in [0.25, 0.3) is 5.91 Å². The Morgan fingerprint density at radius 3 is 2.37 bits per heavy atom. The number of halogens is 4. The Morgan fingerprint density at radius 1 is 0.977 bits per heavy atom. The van der Waals surface area contributed by atoms with Crippen LogP contribution in [-0.4, -0.2) is 43.8 Å². The van der Waals surface area contributed by atoms with E-state index in [1.165, 1.54) is 24.4 Å². The lowest BCUT2D eigenvalue weighted by Crippen LogP contribution is -2.32. The van der Waals surface area contributed by atoms with Gasteiger partial charge in [0.1, 0.15) is 12.4 Å². The molecule has 0 radical (unpaired) electrons. The molecule has 0 aliphatic heterocycles. The van der Waals surface area contributed by atoms with Crippen molar-refractivity contribution in [3.05, 3.63) is 88.0 Å². The summed E-state index contributed by atoms with van der Waals surface area (Å²) in [7, 11) is 0. The second-order valence-corrected chi connectivity index (χ2v) is 9.58. The van der Waals surface area contributed by atoms with Gasteiger partial charge < -0.3 is 24.8 Å². The number of hydrazone groups is 1. The summed E-state index contributed by atoms with van der Waals surface area (Å²) >= 11 is 1.92. The van der Waals surface area contributed by atoms with Crippen molar-refractivity contribution in [3.8, 4) is 17.2 Å². The molecule has 3 aromatic rings. The lowest BCUT2D eigenvalue weighted by atomic mass is 10.1. The van der Waals surface area contributed by atoms with E-state index in [1.807, 2.05) is 22.6 Å². The molecule has 226 valence electrons. The molecule has 0 fully saturated rings. The first kappa shape index (κ1) is 32.9. The van der Waals surface area contributed by atoms with Gasteiger partial charge in [0, 0.05) is 5.69 Å². The number of amides is 3. The van der Waals surface area contributed by atoms with Gasteiger partial charge in [-0.1, -0.05) is 24.8 Å². The molecule has 3 N–H and O–H groups in total. The topological polar surface area (TPSA) is 127 Å². The van der Waals surface area contributed by atoms with Crippen LogP contribution in [0.15, 0.2) is 78.4 Å². The van der Waals surface area contributed by atoms with Crippen molar-refractivity contribution in [1.29, 1.82) is 0 Å². The predicted molar refractivity (Wildman–Crippen MR) is 162 cm³/mol. The minimum absolute atomic E-state index is 0.184. The Balaban J connectivity index is 1.60. The first-order valence-corrected chi connectivity index (χ1v) is 13.6. The van der Waals surface area contributed by atoms with Crippen molar-refractivity contribution >= 4 is 57.9 Å². The minimum atomic E-state index is -4.64. The van der Waals surface area contributed by atoms with Gasteiger partial charge in [0.05, 0.1) is 27.6 Å². The monoisotopic (exact) mass is 710 g/mol. The molecule has 0 saturated carbocycles. The van der Waals surface area contributed by atoms with Crippen LogP contribution in [0.3, 0.4) is 0 Å². The van der Waals surface area contributed by atoms with Crippen molar-refractivity contribution in [1.82, 2.24) is 5.43 Å². The van der Waals surface area contributed by atoms with Gasteiger partial charge in [-0.2, -0.15) is 18.3 Å². The first-order valence-electron chi connectivity index (χ1n) is 12.5. The summed E-state index contributed by atoms with van der Waals surface area (Å²) < 4.78 is 56.7. The molecule has 0 saturated heterocycles. The second-order valence-electron chi connectivity index (χ2n) is 8.42. The quantitative estimate of drug-likeness (QED) is 0.0763. The fraction of sp³-hybridized carbons (Fsp3) is 0.172. The van der Waals surface area contributed by atoms with Gasteiger partial charge >= 0.3 is 18.0 Å². The molecular weight excluding hydrogens is 684 g/mol. The third kappa shape index (κ3) is 10.0. The Kier molecular flexibility index (Phi) is 11.9. The SMILES string of the molecule is C=CCOc1ccc(NC(=O)C(=O)N/N=C\c2cc(I)c(OCC(=O)Nc3ccccc3C(F)(F)F)c(OCC)c2)cc1. The van der Waals surface area contributed by atoms with Crippen LogP contribution in [0.4, 0.5) is 24.5 Å². The molecule has 14 heteroatoms. The molecule has 10 nitrogen and oxygen atoms in total. The first-order chi connectivity index (χ1) is 20.5. The Labute approximate surface area is 258 Å². The number of alkyl halides is 3. The van der Waals surface area contributed by atoms with Crippen molar-refractivity contribution in [2.45, 2.75) is 13.1 Å². The number of carbonyl (C=O) groups excluding carboxylic acids is 3. The molecule has 0 unspecified atom stereocenters. The van der Waals surface area contributed by atoms with Crippen LogP contribution >= 0.6 is 22.6 Å². The van der Waals surface area contributed by atoms with Crippen LogP contribution in [0.1, 0.15) is 18.1 Å². The number of nitrogens with one attached hydrogen (secondary N) is 3. The second kappa shape index (κ2) is 15.6. The van der Waals surface area contributed by atoms with E-state index >= 15 is 0 Å². The van der Waals surface area contributed by atoms with Gasteiger partial charge in [-0.25, -0.2) is 5.43 Å². The number of anilines is 2. The summed E-state index contributed by atoms with van der Waals surface area (Å²) in [4.78, 5) is 36.8. The average molecular weight is 710 g/mol. The summed E-state index contributed by atoms with van der Waals surface area (Å²) in [6, 6.07) is 14.1. The average Bonchev–Trinajstić information content (AvgIpc) is 2.96. The number of rotatable bonds is 12. The molecule has 3 aromatic carbocycles. The molecule has 43 heavy (non-hydrogen) atoms. The van der Waals surface area contributed by atoms with Gasteiger partial charge in [-0.3, -0.25) is 14.4 Å². The van der Waals surface area contributed by atoms with E-state index in [0.717, 1.165) is 12.1 Å². The number of nitrogens with zero attached hydrogens (tertiary/aromatic N) is 1. The lowest BCUT2D eigenvalue weighted by molar-refractivity contribution is -0.137. The number of para-hydroxylation sites is 1. The molecule has 0 bridgehead atoms. The molecule has 0 atom stereocenters. The molecular formula is C29H26F3IN4O6. The highest BCUT2D eigenvalue weighted by molar-refractivity contribution is 14.1. The zero-order chi connectivity index (χ0) is 31.4. The van der Waals surface area contributed by atoms with Crippen LogP contribution in [0.5, 0.6) is 17.2 Å². The Hall–Kier alpha value is -4.60. The van der Waals surface area contributed by atoms with Gasteiger partial charge in [0.15, 0.2) is 18.1 Å². The van der Waals surface area contributed by atoms with E-state index in [0.29, 0.717) is 27.2 Å². The smallest absolute Gasteiger partial charge is 0.418 e. The maximum Gasteiger partial charge on any atom is 0.418 e. The number of benzene rings is 3. The summed E-state index contributed by atoms with van der Waals surface area (Å²) in [6.45, 7) is 5.25. The van der Waals surface area contributed by atoms with E-state index in [1.54, 1.807) is 43.3 Å². The minimum Gasteiger partial charge on any atom is -0.490 e. The third-order valence-electron chi connectivity index (χ3n) is 5.25. The molecule has 3 amide bonds. The maximum atomic E-state index is 13.2. The summed E-state index contributed by atoms with van der Waals surface area (Å²) in [6.07, 6.45) is -1.78. The fourth-order valence-electron chi connectivity index (χ4n) is 3.42. The van der Waals surface area contributed by atoms with Crippen molar-refractivity contribution in [2.75, 3.05) is 30.5 Å². The van der Waals surface area contributed by atoms with Crippen molar-refractivity contribution in [2.24, 2.45) is 5.10 Å². The van der Waals surface area contributed by atoms with Crippen molar-refractivity contribution in [3.63, 3.8) is 0 Å². The van der Waals surface area contributed by atoms with E-state index in [2.05, 4.69) is 27.7 Å². The van der Waals surface area contributed by atoms with Crippen LogP contribution in [0.25, 0.3) is 0 Å². The highest BCUT2D eigenvalue weighted by atomic mass is 127. The maximum absolute atomic E-state index is 13.2. The fourth-order valence-corrected chi connectivity index (χ4v) is 4.20.